The van der Waals surface area contributed by atoms with Crippen LogP contribution in [0.25, 0.3) is 11.0 Å². The molecule has 1 amide bonds. The van der Waals surface area contributed by atoms with Crippen molar-refractivity contribution in [1.82, 2.24) is 8.75 Å². The maximum atomic E-state index is 11.8. The Kier molecular flexibility index (Phi) is 4.57. The van der Waals surface area contributed by atoms with Gasteiger partial charge in [0.2, 0.25) is 5.91 Å². The lowest BCUT2D eigenvalue weighted by Gasteiger charge is -2.09. The molecule has 1 heterocycles. The molecule has 0 aliphatic heterocycles. The number of hydrogen-bond acceptors (Lipinski definition) is 5. The van der Waals surface area contributed by atoms with E-state index in [2.05, 4.69) is 14.1 Å². The quantitative estimate of drug-likeness (QED) is 0.907. The highest BCUT2D eigenvalue weighted by atomic mass is 35.5. The van der Waals surface area contributed by atoms with Gasteiger partial charge in [-0.15, -0.1) is 0 Å². The van der Waals surface area contributed by atoms with Gasteiger partial charge >= 0.3 is 0 Å². The van der Waals surface area contributed by atoms with Gasteiger partial charge in [0.15, 0.2) is 0 Å². The van der Waals surface area contributed by atoms with Crippen molar-refractivity contribution in [2.45, 2.75) is 25.8 Å². The van der Waals surface area contributed by atoms with Gasteiger partial charge in [-0.1, -0.05) is 23.2 Å². The molecule has 8 heteroatoms. The second-order valence-electron chi connectivity index (χ2n) is 4.24. The molecule has 0 bridgehead atoms. The molecule has 0 spiro atoms. The number of nitrogens with one attached hydrogen (secondary N) is 1. The molecule has 0 aliphatic rings. The summed E-state index contributed by atoms with van der Waals surface area (Å²) in [4.78, 5) is 11.8. The van der Waals surface area contributed by atoms with Gasteiger partial charge < -0.3 is 11.1 Å². The summed E-state index contributed by atoms with van der Waals surface area (Å²) < 4.78 is 8.18. The van der Waals surface area contributed by atoms with Crippen molar-refractivity contribution in [2.24, 2.45) is 5.73 Å². The first-order valence-corrected chi connectivity index (χ1v) is 7.13. The number of fused-ring (bicyclic) bond motifs is 1. The third-order valence-electron chi connectivity index (χ3n) is 2.53. The van der Waals surface area contributed by atoms with Crippen LogP contribution in [-0.4, -0.2) is 20.7 Å². The highest BCUT2D eigenvalue weighted by molar-refractivity contribution is 7.00. The number of aromatic nitrogens is 2. The number of carbonyl (C=O) groups excluding carboxylic acids is 1. The van der Waals surface area contributed by atoms with Gasteiger partial charge in [0.25, 0.3) is 0 Å². The van der Waals surface area contributed by atoms with Crippen LogP contribution in [0.5, 0.6) is 0 Å². The van der Waals surface area contributed by atoms with Gasteiger partial charge in [0.05, 0.1) is 27.5 Å². The maximum Gasteiger partial charge on any atom is 0.224 e. The van der Waals surface area contributed by atoms with Crippen LogP contribution in [0.2, 0.25) is 10.0 Å². The topological polar surface area (TPSA) is 80.9 Å². The van der Waals surface area contributed by atoms with Crippen molar-refractivity contribution in [3.63, 3.8) is 0 Å². The summed E-state index contributed by atoms with van der Waals surface area (Å²) in [6.45, 7) is 1.85. The van der Waals surface area contributed by atoms with E-state index in [-0.39, 0.29) is 11.9 Å². The summed E-state index contributed by atoms with van der Waals surface area (Å²) in [5.74, 6) is -0.157. The molecule has 2 rings (SSSR count). The molecule has 0 fully saturated rings. The molecule has 1 atom stereocenters. The fraction of sp³-hybridized carbons (Fsp3) is 0.364. The number of halogens is 2. The van der Waals surface area contributed by atoms with Crippen LogP contribution < -0.4 is 11.1 Å². The number of benzene rings is 1. The van der Waals surface area contributed by atoms with Crippen LogP contribution in [-0.2, 0) is 4.79 Å². The first-order valence-electron chi connectivity index (χ1n) is 5.64. The Hall–Kier alpha value is -0.950. The van der Waals surface area contributed by atoms with E-state index in [4.69, 9.17) is 28.9 Å². The van der Waals surface area contributed by atoms with E-state index >= 15 is 0 Å². The molecule has 2 aromatic rings. The first kappa shape index (κ1) is 14.5. The van der Waals surface area contributed by atoms with Crippen LogP contribution >= 0.6 is 34.9 Å². The van der Waals surface area contributed by atoms with Gasteiger partial charge in [0.1, 0.15) is 11.0 Å². The average molecular weight is 319 g/mol. The highest BCUT2D eigenvalue weighted by Gasteiger charge is 2.16. The molecule has 1 aromatic carbocycles. The molecule has 102 valence electrons. The zero-order valence-electron chi connectivity index (χ0n) is 10.1. The smallest absolute Gasteiger partial charge is 0.224 e. The summed E-state index contributed by atoms with van der Waals surface area (Å²) in [7, 11) is 0. The van der Waals surface area contributed by atoms with E-state index in [9.17, 15) is 4.79 Å². The van der Waals surface area contributed by atoms with Crippen molar-refractivity contribution in [3.8, 4) is 0 Å². The lowest BCUT2D eigenvalue weighted by Crippen LogP contribution is -2.19. The van der Waals surface area contributed by atoms with Gasteiger partial charge in [-0.2, -0.15) is 8.75 Å². The number of hydrogen-bond donors (Lipinski definition) is 2. The maximum absolute atomic E-state index is 11.8. The van der Waals surface area contributed by atoms with Crippen molar-refractivity contribution in [3.05, 3.63) is 16.1 Å². The third kappa shape index (κ3) is 3.33. The molecule has 0 saturated carbocycles. The Balaban J connectivity index is 2.25. The highest BCUT2D eigenvalue weighted by Crippen LogP contribution is 2.35. The molecule has 1 unspecified atom stereocenters. The molecule has 0 radical (unpaired) electrons. The molecular weight excluding hydrogens is 307 g/mol. The van der Waals surface area contributed by atoms with E-state index in [0.717, 1.165) is 11.7 Å². The van der Waals surface area contributed by atoms with E-state index in [0.29, 0.717) is 39.6 Å². The minimum absolute atomic E-state index is 0.0209. The standard InChI is InChI=1S/C11H12Cl2N4OS/c1-5(14)2-3-8(18)15-9-6(12)4-7(13)10-11(9)17-19-16-10/h4-5H,2-3,14H2,1H3,(H,15,18). The number of rotatable bonds is 4. The minimum Gasteiger partial charge on any atom is -0.328 e. The Morgan fingerprint density at radius 2 is 2.11 bits per heavy atom. The summed E-state index contributed by atoms with van der Waals surface area (Å²) in [6, 6.07) is 1.53. The van der Waals surface area contributed by atoms with Crippen LogP contribution in [0.4, 0.5) is 5.69 Å². The number of nitrogens with zero attached hydrogens (tertiary/aromatic N) is 2. The summed E-state index contributed by atoms with van der Waals surface area (Å²) in [6.07, 6.45) is 0.936. The Labute approximate surface area is 124 Å². The van der Waals surface area contributed by atoms with Crippen molar-refractivity contribution >= 4 is 57.6 Å². The number of nitrogens with two attached hydrogens (primary N) is 1. The molecule has 0 saturated heterocycles. The van der Waals surface area contributed by atoms with Crippen molar-refractivity contribution in [1.29, 1.82) is 0 Å². The van der Waals surface area contributed by atoms with Crippen LogP contribution in [0.1, 0.15) is 19.8 Å². The van der Waals surface area contributed by atoms with Crippen molar-refractivity contribution < 1.29 is 4.79 Å². The van der Waals surface area contributed by atoms with Gasteiger partial charge in [-0.05, 0) is 19.4 Å². The zero-order chi connectivity index (χ0) is 14.0. The molecule has 1 aromatic heterocycles. The SMILES string of the molecule is CC(N)CCC(=O)Nc1c(Cl)cc(Cl)c2nsnc12. The second kappa shape index (κ2) is 6.00. The van der Waals surface area contributed by atoms with Crippen LogP contribution in [0.3, 0.4) is 0 Å². The normalized spacial score (nSPS) is 12.6. The number of carbonyl (C=O) groups is 1. The van der Waals surface area contributed by atoms with Gasteiger partial charge in [-0.3, -0.25) is 4.79 Å². The Morgan fingerprint density at radius 1 is 1.42 bits per heavy atom. The number of amides is 1. The molecular formula is C11H12Cl2N4OS. The third-order valence-corrected chi connectivity index (χ3v) is 3.65. The van der Waals surface area contributed by atoms with Crippen LogP contribution in [0.15, 0.2) is 6.07 Å². The minimum atomic E-state index is -0.157. The molecule has 3 N–H and O–H groups in total. The Bertz CT molecular complexity index is 614. The van der Waals surface area contributed by atoms with Gasteiger partial charge in [-0.25, -0.2) is 0 Å². The predicted octanol–water partition coefficient (Wildman–Crippen LogP) is 3.06. The lowest BCUT2D eigenvalue weighted by atomic mass is 10.2. The number of anilines is 1. The van der Waals surface area contributed by atoms with E-state index in [1.807, 2.05) is 6.92 Å². The van der Waals surface area contributed by atoms with Gasteiger partial charge in [0, 0.05) is 12.5 Å². The predicted molar refractivity (Wildman–Crippen MR) is 78.9 cm³/mol. The fourth-order valence-electron chi connectivity index (χ4n) is 1.55. The van der Waals surface area contributed by atoms with E-state index in [1.54, 1.807) is 6.07 Å². The average Bonchev–Trinajstić information content (AvgIpc) is 2.81. The molecule has 0 aliphatic carbocycles. The zero-order valence-corrected chi connectivity index (χ0v) is 12.4. The summed E-state index contributed by atoms with van der Waals surface area (Å²) in [5.41, 5.74) is 7.11. The summed E-state index contributed by atoms with van der Waals surface area (Å²) >= 11 is 13.1. The monoisotopic (exact) mass is 318 g/mol. The largest absolute Gasteiger partial charge is 0.328 e. The Morgan fingerprint density at radius 3 is 2.79 bits per heavy atom. The lowest BCUT2D eigenvalue weighted by molar-refractivity contribution is -0.116. The van der Waals surface area contributed by atoms with Crippen molar-refractivity contribution in [2.75, 3.05) is 5.32 Å². The second-order valence-corrected chi connectivity index (χ2v) is 5.58. The van der Waals surface area contributed by atoms with Crippen LogP contribution in [0, 0.1) is 0 Å². The van der Waals surface area contributed by atoms with E-state index in [1.165, 1.54) is 0 Å². The van der Waals surface area contributed by atoms with E-state index < -0.39 is 0 Å². The fourth-order valence-corrected chi connectivity index (χ4v) is 2.71. The molecule has 5 nitrogen and oxygen atoms in total. The summed E-state index contributed by atoms with van der Waals surface area (Å²) in [5, 5.41) is 3.51. The molecule has 19 heavy (non-hydrogen) atoms. The first-order chi connectivity index (χ1) is 8.99.